The number of hydrogen-bond donors (Lipinski definition) is 0. The fourth-order valence-electron chi connectivity index (χ4n) is 2.45. The van der Waals surface area contributed by atoms with Gasteiger partial charge >= 0.3 is 0 Å². The van der Waals surface area contributed by atoms with Crippen molar-refractivity contribution in [2.24, 2.45) is 0 Å². The molecule has 4 heteroatoms. The molecule has 1 heterocycles. The summed E-state index contributed by atoms with van der Waals surface area (Å²) in [5.41, 5.74) is 2.52. The van der Waals surface area contributed by atoms with Gasteiger partial charge in [0.1, 0.15) is 0 Å². The molecule has 1 aliphatic rings. The first-order valence-electron chi connectivity index (χ1n) is 6.89. The van der Waals surface area contributed by atoms with E-state index in [0.717, 1.165) is 11.3 Å². The second-order valence-corrected chi connectivity index (χ2v) is 4.89. The number of carbonyl (C=O) groups is 1. The second-order valence-electron chi connectivity index (χ2n) is 4.89. The minimum atomic E-state index is -0.426. The molecular weight excluding hydrogens is 266 g/mol. The molecule has 1 aliphatic heterocycles. The standard InChI is InChI=1S/C17H17NO3/c1-20-16-11-18(17(19)13-7-3-2-4-8-13)15-10-6-5-9-14(15)12-21-16/h2-10,16H,11-12H2,1H3/t16-/m0/s1. The third kappa shape index (κ3) is 2.82. The summed E-state index contributed by atoms with van der Waals surface area (Å²) in [7, 11) is 1.59. The number of carbonyl (C=O) groups excluding carboxylic acids is 1. The van der Waals surface area contributed by atoms with Gasteiger partial charge in [-0.1, -0.05) is 36.4 Å². The van der Waals surface area contributed by atoms with Crippen molar-refractivity contribution in [2.45, 2.75) is 12.9 Å². The second kappa shape index (κ2) is 6.08. The number of amides is 1. The Labute approximate surface area is 123 Å². The SMILES string of the molecule is CO[C@@H]1CN(C(=O)c2ccccc2)c2ccccc2CO1. The van der Waals surface area contributed by atoms with Crippen LogP contribution in [-0.2, 0) is 16.1 Å². The van der Waals surface area contributed by atoms with E-state index in [0.29, 0.717) is 18.7 Å². The van der Waals surface area contributed by atoms with Gasteiger partial charge in [0.05, 0.1) is 13.2 Å². The summed E-state index contributed by atoms with van der Waals surface area (Å²) in [5.74, 6) is -0.0457. The number of nitrogens with zero attached hydrogens (tertiary/aromatic N) is 1. The molecule has 0 radical (unpaired) electrons. The summed E-state index contributed by atoms with van der Waals surface area (Å²) in [6.07, 6.45) is -0.426. The molecule has 0 aromatic heterocycles. The average Bonchev–Trinajstić information content (AvgIpc) is 2.74. The van der Waals surface area contributed by atoms with Crippen LogP contribution < -0.4 is 4.90 Å². The quantitative estimate of drug-likeness (QED) is 0.850. The molecule has 0 N–H and O–H groups in total. The van der Waals surface area contributed by atoms with Crippen molar-refractivity contribution in [3.8, 4) is 0 Å². The lowest BCUT2D eigenvalue weighted by molar-refractivity contribution is -0.121. The molecule has 2 aromatic rings. The van der Waals surface area contributed by atoms with Gasteiger partial charge < -0.3 is 14.4 Å². The van der Waals surface area contributed by atoms with Crippen LogP contribution in [0.2, 0.25) is 0 Å². The number of rotatable bonds is 2. The van der Waals surface area contributed by atoms with Crippen molar-refractivity contribution in [3.05, 3.63) is 65.7 Å². The topological polar surface area (TPSA) is 38.8 Å². The first kappa shape index (κ1) is 13.8. The van der Waals surface area contributed by atoms with Gasteiger partial charge in [-0.15, -0.1) is 0 Å². The van der Waals surface area contributed by atoms with Gasteiger partial charge in [-0.2, -0.15) is 0 Å². The summed E-state index contributed by atoms with van der Waals surface area (Å²) in [6, 6.07) is 17.0. The lowest BCUT2D eigenvalue weighted by Gasteiger charge is -2.24. The minimum Gasteiger partial charge on any atom is -0.354 e. The molecule has 0 fully saturated rings. The van der Waals surface area contributed by atoms with Crippen LogP contribution in [0.25, 0.3) is 0 Å². The smallest absolute Gasteiger partial charge is 0.258 e. The highest BCUT2D eigenvalue weighted by atomic mass is 16.7. The fourth-order valence-corrected chi connectivity index (χ4v) is 2.45. The number of anilines is 1. The maximum atomic E-state index is 12.8. The van der Waals surface area contributed by atoms with Crippen LogP contribution >= 0.6 is 0 Å². The Morgan fingerprint density at radius 3 is 2.62 bits per heavy atom. The van der Waals surface area contributed by atoms with E-state index in [1.165, 1.54) is 0 Å². The summed E-state index contributed by atoms with van der Waals surface area (Å²) >= 11 is 0. The van der Waals surface area contributed by atoms with E-state index < -0.39 is 6.29 Å². The third-order valence-corrected chi connectivity index (χ3v) is 3.57. The van der Waals surface area contributed by atoms with Crippen LogP contribution in [0.5, 0.6) is 0 Å². The Bertz CT molecular complexity index is 627. The number of benzene rings is 2. The lowest BCUT2D eigenvalue weighted by atomic mass is 10.1. The molecule has 0 unspecified atom stereocenters. The maximum absolute atomic E-state index is 12.8. The monoisotopic (exact) mass is 283 g/mol. The van der Waals surface area contributed by atoms with Gasteiger partial charge in [0.15, 0.2) is 6.29 Å². The molecule has 0 aliphatic carbocycles. The first-order chi connectivity index (χ1) is 10.3. The zero-order valence-electron chi connectivity index (χ0n) is 11.9. The minimum absolute atomic E-state index is 0.0457. The Morgan fingerprint density at radius 1 is 1.14 bits per heavy atom. The molecule has 0 bridgehead atoms. The van der Waals surface area contributed by atoms with Crippen molar-refractivity contribution in [1.29, 1.82) is 0 Å². The van der Waals surface area contributed by atoms with Crippen molar-refractivity contribution in [2.75, 3.05) is 18.6 Å². The van der Waals surface area contributed by atoms with Gasteiger partial charge in [0.25, 0.3) is 5.91 Å². The molecule has 1 atom stereocenters. The van der Waals surface area contributed by atoms with Crippen molar-refractivity contribution in [3.63, 3.8) is 0 Å². The van der Waals surface area contributed by atoms with Crippen LogP contribution in [0.4, 0.5) is 5.69 Å². The number of methoxy groups -OCH3 is 1. The number of hydrogen-bond acceptors (Lipinski definition) is 3. The molecule has 4 nitrogen and oxygen atoms in total. The Balaban J connectivity index is 1.99. The van der Waals surface area contributed by atoms with Crippen LogP contribution in [0, 0.1) is 0 Å². The van der Waals surface area contributed by atoms with Crippen molar-refractivity contribution < 1.29 is 14.3 Å². The number of para-hydroxylation sites is 1. The highest BCUT2D eigenvalue weighted by Gasteiger charge is 2.27. The largest absolute Gasteiger partial charge is 0.354 e. The van der Waals surface area contributed by atoms with E-state index in [9.17, 15) is 4.79 Å². The molecule has 3 rings (SSSR count). The molecule has 0 saturated heterocycles. The van der Waals surface area contributed by atoms with E-state index in [1.54, 1.807) is 12.0 Å². The van der Waals surface area contributed by atoms with Crippen molar-refractivity contribution >= 4 is 11.6 Å². The molecule has 0 saturated carbocycles. The summed E-state index contributed by atoms with van der Waals surface area (Å²) in [6.45, 7) is 0.814. The highest BCUT2D eigenvalue weighted by molar-refractivity contribution is 6.06. The zero-order chi connectivity index (χ0) is 14.7. The molecule has 1 amide bonds. The third-order valence-electron chi connectivity index (χ3n) is 3.57. The Kier molecular flexibility index (Phi) is 3.99. The first-order valence-corrected chi connectivity index (χ1v) is 6.89. The molecule has 21 heavy (non-hydrogen) atoms. The van der Waals surface area contributed by atoms with Crippen LogP contribution in [0.3, 0.4) is 0 Å². The van der Waals surface area contributed by atoms with E-state index in [2.05, 4.69) is 0 Å². The number of fused-ring (bicyclic) bond motifs is 1. The normalized spacial score (nSPS) is 18.0. The number of ether oxygens (including phenoxy) is 2. The van der Waals surface area contributed by atoms with Gasteiger partial charge in [-0.3, -0.25) is 4.79 Å². The van der Waals surface area contributed by atoms with E-state index >= 15 is 0 Å². The van der Waals surface area contributed by atoms with Crippen LogP contribution in [0.1, 0.15) is 15.9 Å². The molecule has 2 aromatic carbocycles. The summed E-state index contributed by atoms with van der Waals surface area (Å²) in [5, 5.41) is 0. The Morgan fingerprint density at radius 2 is 1.86 bits per heavy atom. The summed E-state index contributed by atoms with van der Waals surface area (Å²) < 4.78 is 11.0. The predicted molar refractivity (Wildman–Crippen MR) is 80.1 cm³/mol. The average molecular weight is 283 g/mol. The molecule has 108 valence electrons. The van der Waals surface area contributed by atoms with Gasteiger partial charge in [-0.05, 0) is 18.2 Å². The highest BCUT2D eigenvalue weighted by Crippen LogP contribution is 2.27. The maximum Gasteiger partial charge on any atom is 0.258 e. The fraction of sp³-hybridized carbons (Fsp3) is 0.235. The Hall–Kier alpha value is -2.17. The molecule has 0 spiro atoms. The summed E-state index contributed by atoms with van der Waals surface area (Å²) in [4.78, 5) is 14.5. The van der Waals surface area contributed by atoms with E-state index in [4.69, 9.17) is 9.47 Å². The molecular formula is C17H17NO3. The van der Waals surface area contributed by atoms with Crippen LogP contribution in [-0.4, -0.2) is 25.9 Å². The zero-order valence-corrected chi connectivity index (χ0v) is 11.9. The van der Waals surface area contributed by atoms with Crippen molar-refractivity contribution in [1.82, 2.24) is 0 Å². The predicted octanol–water partition coefficient (Wildman–Crippen LogP) is 2.84. The van der Waals surface area contributed by atoms with E-state index in [1.807, 2.05) is 54.6 Å². The van der Waals surface area contributed by atoms with Gasteiger partial charge in [0.2, 0.25) is 0 Å². The van der Waals surface area contributed by atoms with Crippen LogP contribution in [0.15, 0.2) is 54.6 Å². The van der Waals surface area contributed by atoms with Gasteiger partial charge in [-0.25, -0.2) is 0 Å². The lowest BCUT2D eigenvalue weighted by Crippen LogP contribution is -2.38. The van der Waals surface area contributed by atoms with E-state index in [-0.39, 0.29) is 5.91 Å². The van der Waals surface area contributed by atoms with Gasteiger partial charge in [0, 0.05) is 23.9 Å².